The zero-order valence-electron chi connectivity index (χ0n) is 13.2. The molecule has 0 atom stereocenters. The van der Waals surface area contributed by atoms with Crippen LogP contribution in [0.15, 0.2) is 23.7 Å². The van der Waals surface area contributed by atoms with E-state index in [1.165, 1.54) is 12.1 Å². The van der Waals surface area contributed by atoms with Crippen LogP contribution < -0.4 is 0 Å². The predicted octanol–water partition coefficient (Wildman–Crippen LogP) is 3.64. The summed E-state index contributed by atoms with van der Waals surface area (Å²) in [7, 11) is -0.531. The first-order valence-electron chi connectivity index (χ1n) is 7.06. The second kappa shape index (κ2) is 6.07. The summed E-state index contributed by atoms with van der Waals surface area (Å²) in [5.74, 6) is -0.0346. The Morgan fingerprint density at radius 1 is 1.27 bits per heavy atom. The molecule has 116 valence electrons. The van der Waals surface area contributed by atoms with E-state index in [0.29, 0.717) is 11.3 Å². The molecular weight excluding hydrogens is 300 g/mol. The monoisotopic (exact) mass is 319 g/mol. The summed E-state index contributed by atoms with van der Waals surface area (Å²) in [6, 6.07) is 6.14. The van der Waals surface area contributed by atoms with Gasteiger partial charge in [0.15, 0.2) is 0 Å². The van der Waals surface area contributed by atoms with E-state index in [0.717, 1.165) is 5.47 Å². The molecule has 1 saturated heterocycles. The van der Waals surface area contributed by atoms with Gasteiger partial charge in [-0.05, 0) is 56.9 Å². The molecule has 1 aliphatic rings. The Labute approximate surface area is 136 Å². The van der Waals surface area contributed by atoms with Crippen LogP contribution in [0.5, 0.6) is 0 Å². The van der Waals surface area contributed by atoms with E-state index in [4.69, 9.17) is 14.6 Å². The van der Waals surface area contributed by atoms with E-state index in [1.807, 2.05) is 33.8 Å². The first-order chi connectivity index (χ1) is 10.2. The molecular formula is C16H19BFNO2S. The van der Waals surface area contributed by atoms with Gasteiger partial charge in [-0.3, -0.25) is 0 Å². The minimum Gasteiger partial charge on any atom is -0.400 e. The molecule has 0 saturated carbocycles. The summed E-state index contributed by atoms with van der Waals surface area (Å²) in [5.41, 5.74) is 0.768. The topological polar surface area (TPSA) is 42.2 Å². The molecule has 1 heterocycles. The number of hydrogen-bond acceptors (Lipinski definition) is 4. The van der Waals surface area contributed by atoms with Crippen molar-refractivity contribution in [2.24, 2.45) is 0 Å². The van der Waals surface area contributed by atoms with Crippen molar-refractivity contribution in [3.05, 3.63) is 40.6 Å². The van der Waals surface area contributed by atoms with E-state index in [-0.39, 0.29) is 5.56 Å². The average Bonchev–Trinajstić information content (AvgIpc) is 2.64. The molecule has 1 aromatic rings. The Bertz CT molecular complexity index is 636. The van der Waals surface area contributed by atoms with Crippen LogP contribution in [-0.2, 0) is 9.31 Å². The van der Waals surface area contributed by atoms with Gasteiger partial charge < -0.3 is 9.31 Å². The van der Waals surface area contributed by atoms with Crippen molar-refractivity contribution in [3.8, 4) is 6.07 Å². The highest BCUT2D eigenvalue weighted by Gasteiger charge is 2.52. The van der Waals surface area contributed by atoms with Gasteiger partial charge in [-0.1, -0.05) is 6.08 Å². The maximum Gasteiger partial charge on any atom is 0.491 e. The fourth-order valence-electron chi connectivity index (χ4n) is 2.16. The molecule has 2 rings (SSSR count). The zero-order chi connectivity index (χ0) is 16.5. The maximum absolute atomic E-state index is 13.5. The first-order valence-corrected chi connectivity index (χ1v) is 7.69. The molecule has 0 aromatic heterocycles. The van der Waals surface area contributed by atoms with Crippen LogP contribution in [0.3, 0.4) is 0 Å². The maximum atomic E-state index is 13.5. The third-order valence-electron chi connectivity index (χ3n) is 4.14. The molecule has 1 aliphatic heterocycles. The van der Waals surface area contributed by atoms with E-state index < -0.39 is 24.1 Å². The van der Waals surface area contributed by atoms with Crippen molar-refractivity contribution in [2.45, 2.75) is 38.9 Å². The Morgan fingerprint density at radius 2 is 1.86 bits per heavy atom. The van der Waals surface area contributed by atoms with Crippen LogP contribution in [0.25, 0.3) is 6.08 Å². The number of nitriles is 1. The lowest BCUT2D eigenvalue weighted by Gasteiger charge is -2.32. The van der Waals surface area contributed by atoms with Crippen molar-refractivity contribution < 1.29 is 13.7 Å². The number of rotatable bonds is 3. The molecule has 0 spiro atoms. The smallest absolute Gasteiger partial charge is 0.400 e. The molecule has 0 N–H and O–H groups in total. The van der Waals surface area contributed by atoms with Crippen molar-refractivity contribution in [1.82, 2.24) is 0 Å². The summed E-state index contributed by atoms with van der Waals surface area (Å²) in [4.78, 5) is 0. The third kappa shape index (κ3) is 3.38. The van der Waals surface area contributed by atoms with Gasteiger partial charge in [-0.25, -0.2) is 4.39 Å². The largest absolute Gasteiger partial charge is 0.491 e. The number of hydrogen-bond donors (Lipinski definition) is 1. The molecule has 0 aliphatic carbocycles. The second-order valence-electron chi connectivity index (χ2n) is 6.35. The van der Waals surface area contributed by atoms with Gasteiger partial charge in [-0.2, -0.15) is 17.9 Å². The fourth-order valence-corrected chi connectivity index (χ4v) is 2.40. The molecule has 0 amide bonds. The minimum atomic E-state index is -0.531. The quantitative estimate of drug-likeness (QED) is 0.683. The van der Waals surface area contributed by atoms with Gasteiger partial charge >= 0.3 is 7.12 Å². The van der Waals surface area contributed by atoms with E-state index in [2.05, 4.69) is 12.6 Å². The predicted molar refractivity (Wildman–Crippen MR) is 89.0 cm³/mol. The highest BCUT2D eigenvalue weighted by Crippen LogP contribution is 2.39. The summed E-state index contributed by atoms with van der Waals surface area (Å²) in [5, 5.41) is 8.92. The second-order valence-corrected chi connectivity index (χ2v) is 6.67. The lowest BCUT2D eigenvalue weighted by Crippen LogP contribution is -2.41. The summed E-state index contributed by atoms with van der Waals surface area (Å²) >= 11 is 4.32. The lowest BCUT2D eigenvalue weighted by atomic mass is 9.78. The van der Waals surface area contributed by atoms with Crippen LogP contribution in [-0.4, -0.2) is 24.1 Å². The van der Waals surface area contributed by atoms with Gasteiger partial charge in [-0.15, -0.1) is 0 Å². The van der Waals surface area contributed by atoms with Crippen molar-refractivity contribution in [3.63, 3.8) is 0 Å². The standard InChI is InChI=1S/C16H19BFNO2S/c1-15(2)16(3,4)21-17(20-15)13(10-22)6-11-5-12(9-19)8-14(18)7-11/h5-8,22H,10H2,1-4H3. The van der Waals surface area contributed by atoms with E-state index >= 15 is 0 Å². The molecule has 0 bridgehead atoms. The number of halogens is 1. The van der Waals surface area contributed by atoms with Crippen LogP contribution in [0.2, 0.25) is 0 Å². The Kier molecular flexibility index (Phi) is 4.71. The highest BCUT2D eigenvalue weighted by molar-refractivity contribution is 7.80. The number of benzene rings is 1. The van der Waals surface area contributed by atoms with Crippen LogP contribution in [0.1, 0.15) is 38.8 Å². The zero-order valence-corrected chi connectivity index (χ0v) is 14.1. The minimum absolute atomic E-state index is 0.277. The van der Waals surface area contributed by atoms with Crippen molar-refractivity contribution in [1.29, 1.82) is 5.26 Å². The lowest BCUT2D eigenvalue weighted by molar-refractivity contribution is 0.00578. The molecule has 3 nitrogen and oxygen atoms in total. The third-order valence-corrected chi connectivity index (χ3v) is 4.50. The molecule has 0 unspecified atom stereocenters. The molecule has 6 heteroatoms. The summed E-state index contributed by atoms with van der Waals surface area (Å²) < 4.78 is 25.5. The summed E-state index contributed by atoms with van der Waals surface area (Å²) in [6.45, 7) is 7.89. The Morgan fingerprint density at radius 3 is 2.36 bits per heavy atom. The van der Waals surface area contributed by atoms with Crippen LogP contribution in [0.4, 0.5) is 4.39 Å². The van der Waals surface area contributed by atoms with Gasteiger partial charge in [0, 0.05) is 5.75 Å². The van der Waals surface area contributed by atoms with Crippen LogP contribution >= 0.6 is 12.6 Å². The Hall–Kier alpha value is -1.29. The van der Waals surface area contributed by atoms with Crippen LogP contribution in [0, 0.1) is 17.1 Å². The fraction of sp³-hybridized carbons (Fsp3) is 0.438. The first kappa shape index (κ1) is 17.1. The molecule has 1 aromatic carbocycles. The van der Waals surface area contributed by atoms with Crippen molar-refractivity contribution >= 4 is 25.8 Å². The molecule has 0 radical (unpaired) electrons. The normalized spacial score (nSPS) is 20.0. The average molecular weight is 319 g/mol. The van der Waals surface area contributed by atoms with E-state index in [9.17, 15) is 4.39 Å². The van der Waals surface area contributed by atoms with Gasteiger partial charge in [0.05, 0.1) is 22.8 Å². The molecule has 1 fully saturated rings. The van der Waals surface area contributed by atoms with Gasteiger partial charge in [0.2, 0.25) is 0 Å². The molecule has 22 heavy (non-hydrogen) atoms. The van der Waals surface area contributed by atoms with Crippen molar-refractivity contribution in [2.75, 3.05) is 5.75 Å². The van der Waals surface area contributed by atoms with Gasteiger partial charge in [0.25, 0.3) is 0 Å². The van der Waals surface area contributed by atoms with E-state index in [1.54, 1.807) is 12.1 Å². The van der Waals surface area contributed by atoms with Gasteiger partial charge in [0.1, 0.15) is 5.82 Å². The number of nitrogens with zero attached hydrogens (tertiary/aromatic N) is 1. The highest BCUT2D eigenvalue weighted by atomic mass is 32.1. The summed E-state index contributed by atoms with van der Waals surface area (Å²) in [6.07, 6.45) is 1.76. The number of thiol groups is 1. The Balaban J connectivity index is 2.34. The SMILES string of the molecule is CC1(C)OB(C(=Cc2cc(F)cc(C#N)c2)CS)OC1(C)C.